The van der Waals surface area contributed by atoms with Gasteiger partial charge in [0.05, 0.1) is 35.2 Å². The molecule has 2 amide bonds. The van der Waals surface area contributed by atoms with Crippen molar-refractivity contribution >= 4 is 53.6 Å². The minimum Gasteiger partial charge on any atom is -0.504 e. The van der Waals surface area contributed by atoms with Crippen LogP contribution in [0.2, 0.25) is 6.32 Å². The van der Waals surface area contributed by atoms with E-state index in [0.717, 1.165) is 29.6 Å². The fourth-order valence-electron chi connectivity index (χ4n) is 7.05. The summed E-state index contributed by atoms with van der Waals surface area (Å²) >= 11 is 2.08. The molecule has 3 aliphatic rings. The van der Waals surface area contributed by atoms with Crippen molar-refractivity contribution in [3.05, 3.63) is 38.0 Å². The van der Waals surface area contributed by atoms with Gasteiger partial charge in [-0.05, 0) is 102 Å². The number of rotatable bonds is 15. The zero-order chi connectivity index (χ0) is 32.0. The first-order valence-electron chi connectivity index (χ1n) is 15.5. The number of carboxylic acid groups (broad SMARTS) is 1. The van der Waals surface area contributed by atoms with Crippen LogP contribution in [0.5, 0.6) is 11.5 Å². The number of carbonyl (C=O) groups excluding carboxylic acids is 2. The van der Waals surface area contributed by atoms with Gasteiger partial charge in [0.15, 0.2) is 11.5 Å². The van der Waals surface area contributed by atoms with Crippen molar-refractivity contribution in [2.75, 3.05) is 27.4 Å². The van der Waals surface area contributed by atoms with E-state index in [0.29, 0.717) is 54.5 Å². The van der Waals surface area contributed by atoms with Crippen molar-refractivity contribution in [1.82, 2.24) is 4.90 Å². The van der Waals surface area contributed by atoms with Crippen LogP contribution in [-0.4, -0.2) is 78.5 Å². The highest BCUT2D eigenvalue weighted by Crippen LogP contribution is 2.50. The molecule has 0 radical (unpaired) electrons. The number of benzene rings is 1. The van der Waals surface area contributed by atoms with E-state index in [1.165, 1.54) is 17.6 Å². The lowest BCUT2D eigenvalue weighted by molar-refractivity contribution is -0.141. The quantitative estimate of drug-likeness (QED) is 0.0745. The Morgan fingerprint density at radius 1 is 1.14 bits per heavy atom. The molecule has 1 aromatic rings. The first-order chi connectivity index (χ1) is 21.1. The highest BCUT2D eigenvalue weighted by atomic mass is 127. The normalized spacial score (nSPS) is 23.7. The molecular weight excluding hydrogens is 680 g/mol. The minimum atomic E-state index is -1.05. The summed E-state index contributed by atoms with van der Waals surface area (Å²) in [7, 11) is 2.09. The Hall–Kier alpha value is -2.42. The lowest BCUT2D eigenvalue weighted by atomic mass is 9.58. The molecule has 2 heterocycles. The Morgan fingerprint density at radius 3 is 2.59 bits per heavy atom. The van der Waals surface area contributed by atoms with Crippen LogP contribution in [0, 0.1) is 21.3 Å². The topological polar surface area (TPSA) is 143 Å². The van der Waals surface area contributed by atoms with Crippen LogP contribution in [0.4, 0.5) is 0 Å². The van der Waals surface area contributed by atoms with Gasteiger partial charge < -0.3 is 29.4 Å². The molecule has 0 spiro atoms. The third kappa shape index (κ3) is 7.86. The maximum Gasteiger partial charge on any atom is 0.455 e. The maximum atomic E-state index is 13.7. The molecule has 12 heteroatoms. The van der Waals surface area contributed by atoms with Crippen LogP contribution in [0.3, 0.4) is 0 Å². The summed E-state index contributed by atoms with van der Waals surface area (Å²) < 4.78 is 17.7. The van der Waals surface area contributed by atoms with E-state index in [2.05, 4.69) is 35.6 Å². The molecule has 3 N–H and O–H groups in total. The zero-order valence-electron chi connectivity index (χ0n) is 25.7. The molecule has 44 heavy (non-hydrogen) atoms. The molecule has 10 nitrogen and oxygen atoms in total. The first-order valence-corrected chi connectivity index (χ1v) is 16.5. The largest absolute Gasteiger partial charge is 0.504 e. The maximum absolute atomic E-state index is 13.7. The lowest BCUT2D eigenvalue weighted by Crippen LogP contribution is -2.46. The van der Waals surface area contributed by atoms with E-state index in [9.17, 15) is 24.5 Å². The smallest absolute Gasteiger partial charge is 0.455 e. The number of hydrogen-bond acceptors (Lipinski definition) is 8. The van der Waals surface area contributed by atoms with Crippen molar-refractivity contribution < 1.29 is 43.7 Å². The molecule has 1 aliphatic carbocycles. The van der Waals surface area contributed by atoms with Crippen LogP contribution in [-0.2, 0) is 23.8 Å². The van der Waals surface area contributed by atoms with Crippen molar-refractivity contribution in [3.63, 3.8) is 0 Å². The van der Waals surface area contributed by atoms with E-state index in [1.54, 1.807) is 7.11 Å². The number of hydrogen-bond donors (Lipinski definition) is 3. The van der Waals surface area contributed by atoms with Gasteiger partial charge in [-0.15, -0.1) is 0 Å². The van der Waals surface area contributed by atoms with Crippen molar-refractivity contribution in [2.45, 2.75) is 77.1 Å². The van der Waals surface area contributed by atoms with Crippen LogP contribution in [0.15, 0.2) is 28.9 Å². The molecule has 0 saturated carbocycles. The number of carboxylic acids is 1. The molecule has 4 atom stereocenters. The van der Waals surface area contributed by atoms with E-state index in [4.69, 9.17) is 19.2 Å². The lowest BCUT2D eigenvalue weighted by Gasteiger charge is -2.43. The summed E-state index contributed by atoms with van der Waals surface area (Å²) in [5.74, 6) is -2.07. The van der Waals surface area contributed by atoms with Gasteiger partial charge in [0, 0.05) is 20.1 Å². The molecule has 240 valence electrons. The van der Waals surface area contributed by atoms with Gasteiger partial charge in [0.25, 0.3) is 0 Å². The predicted octanol–water partition coefficient (Wildman–Crippen LogP) is 5.06. The Morgan fingerprint density at radius 2 is 1.91 bits per heavy atom. The summed E-state index contributed by atoms with van der Waals surface area (Å²) in [4.78, 5) is 39.4. The van der Waals surface area contributed by atoms with Gasteiger partial charge in [-0.25, -0.2) is 0 Å². The molecule has 2 fully saturated rings. The number of likely N-dealkylation sites (tertiary alicyclic amines) is 1. The van der Waals surface area contributed by atoms with Crippen LogP contribution in [0.25, 0.3) is 6.08 Å². The summed E-state index contributed by atoms with van der Waals surface area (Å²) in [5, 5.41) is 30.0. The molecule has 0 aromatic heterocycles. The molecule has 2 aliphatic heterocycles. The Kier molecular flexibility index (Phi) is 12.3. The van der Waals surface area contributed by atoms with Crippen molar-refractivity contribution in [1.29, 1.82) is 0 Å². The number of amides is 2. The Labute approximate surface area is 273 Å². The number of nitrogens with zero attached hydrogens (tertiary/aromatic N) is 1. The van der Waals surface area contributed by atoms with E-state index < -0.39 is 31.0 Å². The molecular formula is C32H43BINO9. The van der Waals surface area contributed by atoms with E-state index in [1.807, 2.05) is 12.1 Å². The second kappa shape index (κ2) is 15.7. The van der Waals surface area contributed by atoms with E-state index in [-0.39, 0.29) is 42.8 Å². The molecule has 0 unspecified atom stereocenters. The van der Waals surface area contributed by atoms with Gasteiger partial charge in [0.2, 0.25) is 11.8 Å². The zero-order valence-corrected chi connectivity index (χ0v) is 27.9. The molecule has 2 saturated heterocycles. The molecule has 4 rings (SSSR count). The number of halogens is 1. The SMILES string of the molecule is CCC/C(=C\c1cc(I)c(O)c(OC)c1)CC[C@H]1OB(O)C[C@H]2C1=C(COC)C[C@H]1C(=O)N(CCCCCC(=O)O)C(=O)[C@H]12. The summed E-state index contributed by atoms with van der Waals surface area (Å²) in [6, 6.07) is 3.72. The standard InChI is InChI=1S/C32H43BINO9/c1-4-8-19(13-20-14-24(34)30(38)26(15-20)43-3)10-11-25-28-21(18-42-2)16-22-29(23(28)17-33(41)44-25)32(40)35(31(22)39)12-7-5-6-9-27(36)37/h13-15,22-23,25,29,38,41H,4-12,16-18H2,1-3H3,(H,36,37)/b19-13+/t22-,23+,25-,29-/m1/s1. The highest BCUT2D eigenvalue weighted by molar-refractivity contribution is 14.1. The van der Waals surface area contributed by atoms with Gasteiger partial charge in [-0.2, -0.15) is 0 Å². The van der Waals surface area contributed by atoms with Crippen molar-refractivity contribution in [3.8, 4) is 11.5 Å². The summed E-state index contributed by atoms with van der Waals surface area (Å²) in [5.41, 5.74) is 4.08. The van der Waals surface area contributed by atoms with Gasteiger partial charge >= 0.3 is 13.1 Å². The first kappa shape index (κ1) is 34.5. The highest BCUT2D eigenvalue weighted by Gasteiger charge is 2.57. The monoisotopic (exact) mass is 723 g/mol. The summed E-state index contributed by atoms with van der Waals surface area (Å²) in [6.45, 7) is 2.72. The fraction of sp³-hybridized carbons (Fsp3) is 0.594. The van der Waals surface area contributed by atoms with Crippen LogP contribution >= 0.6 is 22.6 Å². The third-order valence-electron chi connectivity index (χ3n) is 8.93. The van der Waals surface area contributed by atoms with Crippen LogP contribution < -0.4 is 4.74 Å². The number of imide groups is 1. The predicted molar refractivity (Wildman–Crippen MR) is 174 cm³/mol. The van der Waals surface area contributed by atoms with Gasteiger partial charge in [-0.3, -0.25) is 19.3 Å². The average Bonchev–Trinajstić information content (AvgIpc) is 3.21. The number of carbonyl (C=O) groups is 3. The fourth-order valence-corrected chi connectivity index (χ4v) is 7.68. The Balaban J connectivity index is 1.55. The van der Waals surface area contributed by atoms with Gasteiger partial charge in [0.1, 0.15) is 0 Å². The van der Waals surface area contributed by atoms with E-state index >= 15 is 0 Å². The Bertz CT molecular complexity index is 1300. The second-order valence-electron chi connectivity index (χ2n) is 11.9. The number of phenolic OH excluding ortho intramolecular Hbond substituents is 1. The molecule has 0 bridgehead atoms. The number of unbranched alkanes of at least 4 members (excludes halogenated alkanes) is 2. The number of aliphatic carboxylic acids is 1. The number of phenols is 1. The van der Waals surface area contributed by atoms with Crippen molar-refractivity contribution in [2.24, 2.45) is 17.8 Å². The summed E-state index contributed by atoms with van der Waals surface area (Å²) in [6.07, 6.45) is 7.22. The number of allylic oxidation sites excluding steroid dienone is 1. The molecule has 1 aromatic carbocycles. The second-order valence-corrected chi connectivity index (χ2v) is 13.1. The number of ether oxygens (including phenoxy) is 2. The number of aromatic hydroxyl groups is 1. The average molecular weight is 723 g/mol. The van der Waals surface area contributed by atoms with Gasteiger partial charge in [-0.1, -0.05) is 31.4 Å². The third-order valence-corrected chi connectivity index (χ3v) is 9.75. The minimum absolute atomic E-state index is 0.0692. The number of methoxy groups -OCH3 is 2. The van der Waals surface area contributed by atoms with Crippen LogP contribution in [0.1, 0.15) is 70.3 Å². The number of fused-ring (bicyclic) bond motifs is 3.